The number of rotatable bonds is 16. The summed E-state index contributed by atoms with van der Waals surface area (Å²) in [6, 6.07) is 3.10. The highest BCUT2D eigenvalue weighted by Gasteiger charge is 2.28. The summed E-state index contributed by atoms with van der Waals surface area (Å²) in [4.78, 5) is 80.7. The Morgan fingerprint density at radius 3 is 2.26 bits per heavy atom. The number of aromatic amines is 1. The number of para-hydroxylation sites is 1. The van der Waals surface area contributed by atoms with E-state index in [2.05, 4.69) is 36.6 Å². The highest BCUT2D eigenvalue weighted by Crippen LogP contribution is 2.19. The third kappa shape index (κ3) is 11.3. The molecule has 0 aliphatic heterocycles. The molecule has 234 valence electrons. The van der Waals surface area contributed by atoms with E-state index in [9.17, 15) is 28.8 Å². The van der Waals surface area contributed by atoms with E-state index in [0.29, 0.717) is 6.42 Å². The number of hydrogen-bond acceptors (Lipinski definition) is 7. The molecule has 2 rings (SSSR count). The fourth-order valence-corrected chi connectivity index (χ4v) is 4.07. The third-order valence-corrected chi connectivity index (χ3v) is 6.29. The second kappa shape index (κ2) is 16.3. The van der Waals surface area contributed by atoms with Gasteiger partial charge in [0.25, 0.3) is 0 Å². The first-order valence-corrected chi connectivity index (χ1v) is 13.6. The van der Waals surface area contributed by atoms with Crippen LogP contribution >= 0.6 is 0 Å². The summed E-state index contributed by atoms with van der Waals surface area (Å²) in [7, 11) is 0. The highest BCUT2D eigenvalue weighted by atomic mass is 16.4. The number of carbonyl (C=O) groups excluding carboxylic acids is 5. The van der Waals surface area contributed by atoms with Crippen molar-refractivity contribution in [2.24, 2.45) is 16.5 Å². The SMILES string of the molecule is CC(=O)N[C@@H](Cc1c[nH]c2ccccc12)C(=O)N[C@@H](CCCN=C(N)N)C(=O)NCC(=O)N[C@@H](C)C(=O)N[C@@H](C)C(=O)O. The number of amides is 5. The van der Waals surface area contributed by atoms with E-state index in [4.69, 9.17) is 16.6 Å². The van der Waals surface area contributed by atoms with Gasteiger partial charge in [-0.15, -0.1) is 0 Å². The second-order valence-electron chi connectivity index (χ2n) is 9.90. The van der Waals surface area contributed by atoms with Crippen LogP contribution in [0.3, 0.4) is 0 Å². The molecular weight excluding hydrogens is 562 g/mol. The Morgan fingerprint density at radius 2 is 1.60 bits per heavy atom. The van der Waals surface area contributed by atoms with Gasteiger partial charge in [0.15, 0.2) is 5.96 Å². The van der Waals surface area contributed by atoms with Gasteiger partial charge in [0.1, 0.15) is 24.2 Å². The number of benzene rings is 1. The number of nitrogens with one attached hydrogen (secondary N) is 6. The maximum atomic E-state index is 13.3. The van der Waals surface area contributed by atoms with Crippen LogP contribution < -0.4 is 38.1 Å². The van der Waals surface area contributed by atoms with Gasteiger partial charge in [-0.25, -0.2) is 0 Å². The smallest absolute Gasteiger partial charge is 0.325 e. The average molecular weight is 602 g/mol. The first-order valence-electron chi connectivity index (χ1n) is 13.6. The standard InChI is InChI=1S/C27H39N9O7/c1-14(23(39)34-15(2)26(42)43)33-22(38)13-32-24(40)20(9-6-10-30-27(28)29)36-25(41)21(35-16(3)37)11-17-12-31-19-8-5-4-7-18(17)19/h4-5,7-8,12,14-15,20-21,31H,6,9-11,13H2,1-3H3,(H,32,40)(H,33,38)(H,34,39)(H,35,37)(H,36,41)(H,42,43)(H4,28,29,30)/t14-,15-,20-,21-/m0/s1. The highest BCUT2D eigenvalue weighted by molar-refractivity contribution is 5.95. The van der Waals surface area contributed by atoms with Gasteiger partial charge < -0.3 is 48.1 Å². The van der Waals surface area contributed by atoms with Crippen LogP contribution in [-0.4, -0.2) is 88.8 Å². The number of fused-ring (bicyclic) bond motifs is 1. The molecule has 0 aliphatic rings. The first kappa shape index (κ1) is 34.1. The zero-order chi connectivity index (χ0) is 32.1. The zero-order valence-corrected chi connectivity index (χ0v) is 24.2. The normalized spacial score (nSPS) is 13.5. The maximum absolute atomic E-state index is 13.3. The molecule has 2 aromatic rings. The van der Waals surface area contributed by atoms with Gasteiger partial charge in [-0.1, -0.05) is 18.2 Å². The minimum absolute atomic E-state index is 0.0989. The number of carboxylic acid groups (broad SMARTS) is 1. The molecule has 16 nitrogen and oxygen atoms in total. The van der Waals surface area contributed by atoms with Crippen molar-refractivity contribution < 1.29 is 33.9 Å². The van der Waals surface area contributed by atoms with Crippen molar-refractivity contribution in [1.82, 2.24) is 31.6 Å². The predicted octanol–water partition coefficient (Wildman–Crippen LogP) is -2.04. The molecule has 11 N–H and O–H groups in total. The van der Waals surface area contributed by atoms with Crippen molar-refractivity contribution in [2.45, 2.75) is 64.2 Å². The number of hydrogen-bond donors (Lipinski definition) is 9. The lowest BCUT2D eigenvalue weighted by Gasteiger charge is -2.23. The lowest BCUT2D eigenvalue weighted by molar-refractivity contribution is -0.141. The molecule has 1 aromatic carbocycles. The van der Waals surface area contributed by atoms with Crippen molar-refractivity contribution in [3.8, 4) is 0 Å². The fourth-order valence-electron chi connectivity index (χ4n) is 4.07. The van der Waals surface area contributed by atoms with Crippen LogP contribution in [0.4, 0.5) is 0 Å². The summed E-state index contributed by atoms with van der Waals surface area (Å²) in [5.74, 6) is -4.58. The molecule has 0 bridgehead atoms. The summed E-state index contributed by atoms with van der Waals surface area (Å²) in [5.41, 5.74) is 12.4. The minimum atomic E-state index is -1.24. The van der Waals surface area contributed by atoms with Gasteiger partial charge in [0.05, 0.1) is 6.54 Å². The summed E-state index contributed by atoms with van der Waals surface area (Å²) < 4.78 is 0. The third-order valence-electron chi connectivity index (χ3n) is 6.29. The van der Waals surface area contributed by atoms with E-state index in [1.807, 2.05) is 24.3 Å². The van der Waals surface area contributed by atoms with Crippen molar-refractivity contribution in [3.05, 3.63) is 36.0 Å². The van der Waals surface area contributed by atoms with E-state index < -0.39 is 66.2 Å². The zero-order valence-electron chi connectivity index (χ0n) is 24.2. The van der Waals surface area contributed by atoms with Gasteiger partial charge in [-0.05, 0) is 38.3 Å². The Kier molecular flexibility index (Phi) is 12.9. The Morgan fingerprint density at radius 1 is 0.907 bits per heavy atom. The van der Waals surface area contributed by atoms with Gasteiger partial charge in [0.2, 0.25) is 29.5 Å². The van der Waals surface area contributed by atoms with Crippen LogP contribution in [0.5, 0.6) is 0 Å². The number of nitrogens with two attached hydrogens (primary N) is 2. The molecule has 0 fully saturated rings. The number of carboxylic acids is 1. The van der Waals surface area contributed by atoms with Crippen LogP contribution in [0.25, 0.3) is 10.9 Å². The summed E-state index contributed by atoms with van der Waals surface area (Å²) >= 11 is 0. The molecule has 0 aliphatic carbocycles. The molecule has 16 heteroatoms. The minimum Gasteiger partial charge on any atom is -0.480 e. The quantitative estimate of drug-likeness (QED) is 0.0582. The number of guanidine groups is 1. The fraction of sp³-hybridized carbons (Fsp3) is 0.444. The lowest BCUT2D eigenvalue weighted by atomic mass is 10.0. The molecule has 5 amide bonds. The van der Waals surface area contributed by atoms with Crippen LogP contribution in [0.15, 0.2) is 35.5 Å². The van der Waals surface area contributed by atoms with Gasteiger partial charge in [-0.2, -0.15) is 0 Å². The van der Waals surface area contributed by atoms with Gasteiger partial charge >= 0.3 is 5.97 Å². The van der Waals surface area contributed by atoms with Crippen LogP contribution in [0.2, 0.25) is 0 Å². The number of carbonyl (C=O) groups is 6. The molecule has 0 unspecified atom stereocenters. The van der Waals surface area contributed by atoms with Crippen molar-refractivity contribution >= 4 is 52.4 Å². The van der Waals surface area contributed by atoms with Crippen LogP contribution in [-0.2, 0) is 35.2 Å². The molecule has 1 heterocycles. The van der Waals surface area contributed by atoms with Gasteiger partial charge in [0, 0.05) is 37.0 Å². The maximum Gasteiger partial charge on any atom is 0.325 e. The average Bonchev–Trinajstić information content (AvgIpc) is 3.35. The Bertz CT molecular complexity index is 1350. The molecule has 0 radical (unpaired) electrons. The Hall–Kier alpha value is -5.15. The second-order valence-corrected chi connectivity index (χ2v) is 9.90. The summed E-state index contributed by atoms with van der Waals surface area (Å²) in [5, 5.41) is 22.1. The number of aliphatic carboxylic acids is 1. The monoisotopic (exact) mass is 601 g/mol. The van der Waals surface area contributed by atoms with Crippen LogP contribution in [0.1, 0.15) is 39.2 Å². The Balaban J connectivity index is 2.09. The molecule has 1 aromatic heterocycles. The first-order chi connectivity index (χ1) is 20.3. The molecule has 4 atom stereocenters. The van der Waals surface area contributed by atoms with E-state index in [1.54, 1.807) is 6.20 Å². The predicted molar refractivity (Wildman–Crippen MR) is 157 cm³/mol. The number of nitrogens with zero attached hydrogens (tertiary/aromatic N) is 1. The van der Waals surface area contributed by atoms with Crippen molar-refractivity contribution in [3.63, 3.8) is 0 Å². The molecule has 0 spiro atoms. The van der Waals surface area contributed by atoms with Crippen molar-refractivity contribution in [1.29, 1.82) is 0 Å². The van der Waals surface area contributed by atoms with Crippen molar-refractivity contribution in [2.75, 3.05) is 13.1 Å². The largest absolute Gasteiger partial charge is 0.480 e. The topological polar surface area (TPSA) is 263 Å². The van der Waals surface area contributed by atoms with E-state index in [-0.39, 0.29) is 25.3 Å². The molecule has 0 saturated heterocycles. The summed E-state index contributed by atoms with van der Waals surface area (Å²) in [6.45, 7) is 3.54. The van der Waals surface area contributed by atoms with Crippen LogP contribution in [0, 0.1) is 0 Å². The number of aliphatic imine (C=N–C) groups is 1. The summed E-state index contributed by atoms with van der Waals surface area (Å²) in [6.07, 6.45) is 2.28. The van der Waals surface area contributed by atoms with E-state index >= 15 is 0 Å². The van der Waals surface area contributed by atoms with E-state index in [1.165, 1.54) is 20.8 Å². The lowest BCUT2D eigenvalue weighted by Crippen LogP contribution is -2.55. The van der Waals surface area contributed by atoms with E-state index in [0.717, 1.165) is 16.5 Å². The molecule has 43 heavy (non-hydrogen) atoms. The number of aromatic nitrogens is 1. The number of H-pyrrole nitrogens is 1. The molecular formula is C27H39N9O7. The molecule has 0 saturated carbocycles. The Labute approximate surface area is 247 Å². The van der Waals surface area contributed by atoms with Gasteiger partial charge in [-0.3, -0.25) is 33.8 Å².